The Bertz CT molecular complexity index is 891. The Labute approximate surface area is 189 Å². The summed E-state index contributed by atoms with van der Waals surface area (Å²) in [6.45, 7) is 0.401. The summed E-state index contributed by atoms with van der Waals surface area (Å²) >= 11 is 17.6. The molecule has 2 aromatic carbocycles. The molecule has 0 aliphatic carbocycles. The quantitative estimate of drug-likeness (QED) is 0.382. The van der Waals surface area contributed by atoms with Gasteiger partial charge in [0.1, 0.15) is 5.75 Å². The molecule has 0 aliphatic rings. The number of nitrogens with one attached hydrogen (secondary N) is 3. The normalized spacial score (nSPS) is 10.2. The topological polar surface area (TPSA) is 96.5 Å². The second kappa shape index (κ2) is 12.3. The molecule has 0 saturated carbocycles. The molecule has 0 aliphatic heterocycles. The van der Waals surface area contributed by atoms with Gasteiger partial charge in [-0.15, -0.1) is 0 Å². The third kappa shape index (κ3) is 8.49. The molecule has 10 heteroatoms. The van der Waals surface area contributed by atoms with Gasteiger partial charge in [-0.1, -0.05) is 34.8 Å². The summed E-state index contributed by atoms with van der Waals surface area (Å²) in [5, 5.41) is 4.04. The fourth-order valence-electron chi connectivity index (χ4n) is 2.26. The van der Waals surface area contributed by atoms with Gasteiger partial charge in [0, 0.05) is 35.0 Å². The highest BCUT2D eigenvalue weighted by atomic mass is 35.5. The zero-order valence-electron chi connectivity index (χ0n) is 15.8. The molecule has 3 N–H and O–H groups in total. The van der Waals surface area contributed by atoms with Crippen LogP contribution in [0.15, 0.2) is 42.5 Å². The second-order valence-corrected chi connectivity index (χ2v) is 7.42. The number of hydrogen-bond donors (Lipinski definition) is 3. The number of benzene rings is 2. The molecule has 0 bridgehead atoms. The van der Waals surface area contributed by atoms with Gasteiger partial charge in [-0.25, -0.2) is 0 Å². The number of hydrogen-bond acceptors (Lipinski definition) is 4. The van der Waals surface area contributed by atoms with Crippen LogP contribution in [0.4, 0.5) is 0 Å². The third-order valence-corrected chi connectivity index (χ3v) is 4.57. The van der Waals surface area contributed by atoms with Crippen LogP contribution in [0.1, 0.15) is 29.6 Å². The minimum atomic E-state index is -0.427. The van der Waals surface area contributed by atoms with Crippen LogP contribution in [0.5, 0.6) is 5.75 Å². The number of ether oxygens (including phenoxy) is 1. The van der Waals surface area contributed by atoms with Crippen molar-refractivity contribution in [3.8, 4) is 5.75 Å². The van der Waals surface area contributed by atoms with Crippen molar-refractivity contribution in [3.05, 3.63) is 63.1 Å². The smallest absolute Gasteiger partial charge is 0.251 e. The molecular formula is C20H20Cl3N3O4. The molecule has 2 rings (SSSR count). The third-order valence-electron chi connectivity index (χ3n) is 3.79. The van der Waals surface area contributed by atoms with E-state index in [9.17, 15) is 14.4 Å². The van der Waals surface area contributed by atoms with Gasteiger partial charge in [-0.2, -0.15) is 0 Å². The second-order valence-electron chi connectivity index (χ2n) is 6.14. The van der Waals surface area contributed by atoms with Gasteiger partial charge in [-0.3, -0.25) is 25.2 Å². The van der Waals surface area contributed by atoms with Crippen LogP contribution in [0.3, 0.4) is 0 Å². The van der Waals surface area contributed by atoms with Crippen molar-refractivity contribution in [1.82, 2.24) is 16.2 Å². The Morgan fingerprint density at radius 3 is 2.13 bits per heavy atom. The van der Waals surface area contributed by atoms with E-state index in [4.69, 9.17) is 39.5 Å². The lowest BCUT2D eigenvalue weighted by Gasteiger charge is -2.10. The van der Waals surface area contributed by atoms with E-state index in [1.54, 1.807) is 42.5 Å². The number of rotatable bonds is 9. The molecule has 0 aromatic heterocycles. The SMILES string of the molecule is O=C(CCCOc1ccc(Cl)cc1Cl)NNC(=O)CCNC(=O)c1ccc(Cl)cc1. The van der Waals surface area contributed by atoms with Gasteiger partial charge < -0.3 is 10.1 Å². The predicted octanol–water partition coefficient (Wildman–Crippen LogP) is 3.77. The summed E-state index contributed by atoms with van der Waals surface area (Å²) in [6, 6.07) is 11.3. The van der Waals surface area contributed by atoms with Gasteiger partial charge in [0.25, 0.3) is 5.91 Å². The number of hydrazine groups is 1. The molecule has 7 nitrogen and oxygen atoms in total. The molecule has 3 amide bonds. The highest BCUT2D eigenvalue weighted by Crippen LogP contribution is 2.27. The summed E-state index contributed by atoms with van der Waals surface area (Å²) in [6.07, 6.45) is 0.592. The van der Waals surface area contributed by atoms with Crippen LogP contribution >= 0.6 is 34.8 Å². The first-order chi connectivity index (χ1) is 14.3. The van der Waals surface area contributed by atoms with Crippen molar-refractivity contribution >= 4 is 52.5 Å². The van der Waals surface area contributed by atoms with E-state index in [-0.39, 0.29) is 37.8 Å². The maximum absolute atomic E-state index is 11.9. The summed E-state index contributed by atoms with van der Waals surface area (Å²) in [5.41, 5.74) is 5.04. The first kappa shape index (κ1) is 23.8. The molecular weight excluding hydrogens is 453 g/mol. The van der Waals surface area contributed by atoms with Crippen LogP contribution < -0.4 is 20.9 Å². The summed E-state index contributed by atoms with van der Waals surface area (Å²) in [5.74, 6) is -0.622. The fourth-order valence-corrected chi connectivity index (χ4v) is 2.85. The van der Waals surface area contributed by atoms with E-state index < -0.39 is 5.91 Å². The Morgan fingerprint density at radius 1 is 0.833 bits per heavy atom. The van der Waals surface area contributed by atoms with Gasteiger partial charge in [-0.05, 0) is 48.9 Å². The van der Waals surface area contributed by atoms with Crippen molar-refractivity contribution in [2.75, 3.05) is 13.2 Å². The summed E-state index contributed by atoms with van der Waals surface area (Å²) in [7, 11) is 0. The van der Waals surface area contributed by atoms with E-state index in [2.05, 4.69) is 16.2 Å². The first-order valence-corrected chi connectivity index (χ1v) is 10.2. The lowest BCUT2D eigenvalue weighted by atomic mass is 10.2. The largest absolute Gasteiger partial charge is 0.492 e. The van der Waals surface area contributed by atoms with E-state index in [0.29, 0.717) is 32.8 Å². The monoisotopic (exact) mass is 471 g/mol. The lowest BCUT2D eigenvalue weighted by Crippen LogP contribution is -2.42. The Balaban J connectivity index is 1.56. The molecule has 0 saturated heterocycles. The van der Waals surface area contributed by atoms with Crippen LogP contribution in [0, 0.1) is 0 Å². The van der Waals surface area contributed by atoms with Crippen LogP contribution in [-0.2, 0) is 9.59 Å². The van der Waals surface area contributed by atoms with Crippen molar-refractivity contribution < 1.29 is 19.1 Å². The average Bonchev–Trinajstić information content (AvgIpc) is 2.71. The van der Waals surface area contributed by atoms with Crippen LogP contribution in [0.2, 0.25) is 15.1 Å². The Kier molecular flexibility index (Phi) is 9.73. The van der Waals surface area contributed by atoms with Crippen molar-refractivity contribution in [1.29, 1.82) is 0 Å². The van der Waals surface area contributed by atoms with Gasteiger partial charge in [0.05, 0.1) is 11.6 Å². The van der Waals surface area contributed by atoms with E-state index in [1.807, 2.05) is 0 Å². The molecule has 0 atom stereocenters. The molecule has 0 heterocycles. The average molecular weight is 473 g/mol. The van der Waals surface area contributed by atoms with Gasteiger partial charge in [0.15, 0.2) is 0 Å². The predicted molar refractivity (Wildman–Crippen MR) is 116 cm³/mol. The number of amides is 3. The van der Waals surface area contributed by atoms with Crippen molar-refractivity contribution in [2.45, 2.75) is 19.3 Å². The highest BCUT2D eigenvalue weighted by molar-refractivity contribution is 6.35. The Hall–Kier alpha value is -2.48. The maximum atomic E-state index is 11.9. The standard InChI is InChI=1S/C20H20Cl3N3O4/c21-14-5-3-13(4-6-14)20(29)24-10-9-19(28)26-25-18(27)2-1-11-30-17-8-7-15(22)12-16(17)23/h3-8,12H,1-2,9-11H2,(H,24,29)(H,25,27)(H,26,28). The van der Waals surface area contributed by atoms with E-state index in [0.717, 1.165) is 0 Å². The lowest BCUT2D eigenvalue weighted by molar-refractivity contribution is -0.128. The van der Waals surface area contributed by atoms with E-state index >= 15 is 0 Å². The molecule has 2 aromatic rings. The molecule has 0 radical (unpaired) electrons. The molecule has 0 fully saturated rings. The van der Waals surface area contributed by atoms with Crippen molar-refractivity contribution in [3.63, 3.8) is 0 Å². The zero-order chi connectivity index (χ0) is 21.9. The molecule has 30 heavy (non-hydrogen) atoms. The molecule has 0 spiro atoms. The minimum absolute atomic E-state index is 0.0117. The van der Waals surface area contributed by atoms with E-state index in [1.165, 1.54) is 0 Å². The number of carbonyl (C=O) groups is 3. The molecule has 0 unspecified atom stereocenters. The summed E-state index contributed by atoms with van der Waals surface area (Å²) < 4.78 is 5.48. The first-order valence-electron chi connectivity index (χ1n) is 9.04. The number of carbonyl (C=O) groups excluding carboxylic acids is 3. The summed E-state index contributed by atoms with van der Waals surface area (Å²) in [4.78, 5) is 35.4. The van der Waals surface area contributed by atoms with Crippen LogP contribution in [0.25, 0.3) is 0 Å². The fraction of sp³-hybridized carbons (Fsp3) is 0.250. The zero-order valence-corrected chi connectivity index (χ0v) is 18.1. The maximum Gasteiger partial charge on any atom is 0.251 e. The Morgan fingerprint density at radius 2 is 1.47 bits per heavy atom. The van der Waals surface area contributed by atoms with Crippen molar-refractivity contribution in [2.24, 2.45) is 0 Å². The number of halogens is 3. The van der Waals surface area contributed by atoms with Gasteiger partial charge >= 0.3 is 0 Å². The highest BCUT2D eigenvalue weighted by Gasteiger charge is 2.08. The minimum Gasteiger partial charge on any atom is -0.492 e. The van der Waals surface area contributed by atoms with Crippen LogP contribution in [-0.4, -0.2) is 30.9 Å². The molecule has 160 valence electrons. The van der Waals surface area contributed by atoms with Gasteiger partial charge in [0.2, 0.25) is 11.8 Å².